The van der Waals surface area contributed by atoms with E-state index in [1.165, 1.54) is 7.11 Å². The van der Waals surface area contributed by atoms with E-state index in [1.54, 1.807) is 19.1 Å². The third-order valence-corrected chi connectivity index (χ3v) is 6.51. The second-order valence-electron chi connectivity index (χ2n) is 7.49. The molecule has 1 amide bonds. The van der Waals surface area contributed by atoms with Gasteiger partial charge in [0.15, 0.2) is 11.5 Å². The number of hydrogen-bond donors (Lipinski definition) is 0. The number of Topliss-reactive ketones (excluding diaryl/α,β-unsaturated/α-hetero) is 1. The quantitative estimate of drug-likeness (QED) is 0.749. The molecule has 27 heavy (non-hydrogen) atoms. The summed E-state index contributed by atoms with van der Waals surface area (Å²) in [5, 5.41) is 0. The highest BCUT2D eigenvalue weighted by molar-refractivity contribution is 5.98. The van der Waals surface area contributed by atoms with E-state index in [9.17, 15) is 14.4 Å². The van der Waals surface area contributed by atoms with Crippen LogP contribution in [0.2, 0.25) is 0 Å². The predicted octanol–water partition coefficient (Wildman–Crippen LogP) is 1.60. The molecule has 1 spiro atoms. The van der Waals surface area contributed by atoms with Crippen LogP contribution in [0, 0.1) is 5.41 Å². The first-order valence-electron chi connectivity index (χ1n) is 9.09. The van der Waals surface area contributed by atoms with Crippen LogP contribution in [0.15, 0.2) is 12.1 Å². The molecular formula is C20H23NO6. The highest BCUT2D eigenvalue weighted by atomic mass is 16.5. The molecule has 1 saturated heterocycles. The van der Waals surface area contributed by atoms with Gasteiger partial charge < -0.3 is 19.1 Å². The summed E-state index contributed by atoms with van der Waals surface area (Å²) in [7, 11) is 4.45. The summed E-state index contributed by atoms with van der Waals surface area (Å²) in [6.07, 6.45) is 1.43. The van der Waals surface area contributed by atoms with Crippen molar-refractivity contribution in [3.63, 3.8) is 0 Å². The molecule has 7 nitrogen and oxygen atoms in total. The smallest absolute Gasteiger partial charge is 0.315 e. The molecule has 2 fully saturated rings. The topological polar surface area (TPSA) is 82.1 Å². The molecule has 2 atom stereocenters. The number of carbonyl (C=O) groups is 3. The zero-order valence-electron chi connectivity index (χ0n) is 15.8. The second kappa shape index (κ2) is 5.97. The molecule has 3 aliphatic rings. The number of nitrogens with zero attached hydrogens (tertiary/aromatic N) is 1. The van der Waals surface area contributed by atoms with Gasteiger partial charge in [-0.2, -0.15) is 0 Å². The molecule has 7 heteroatoms. The Morgan fingerprint density at radius 1 is 1.04 bits per heavy atom. The van der Waals surface area contributed by atoms with Crippen molar-refractivity contribution in [2.24, 2.45) is 5.41 Å². The molecule has 1 aromatic rings. The van der Waals surface area contributed by atoms with E-state index in [0.29, 0.717) is 37.3 Å². The highest BCUT2D eigenvalue weighted by Crippen LogP contribution is 2.63. The van der Waals surface area contributed by atoms with Gasteiger partial charge in [-0.15, -0.1) is 0 Å². The Kier molecular flexibility index (Phi) is 3.94. The van der Waals surface area contributed by atoms with Crippen LogP contribution in [0.4, 0.5) is 0 Å². The van der Waals surface area contributed by atoms with Gasteiger partial charge >= 0.3 is 5.97 Å². The van der Waals surface area contributed by atoms with Crippen molar-refractivity contribution in [3.05, 3.63) is 23.3 Å². The van der Waals surface area contributed by atoms with E-state index < -0.39 is 16.9 Å². The summed E-state index contributed by atoms with van der Waals surface area (Å²) < 4.78 is 16.0. The first-order chi connectivity index (χ1) is 12.9. The van der Waals surface area contributed by atoms with Crippen molar-refractivity contribution in [1.82, 2.24) is 4.90 Å². The monoisotopic (exact) mass is 373 g/mol. The Bertz CT molecular complexity index is 849. The number of fused-ring (bicyclic) bond motifs is 1. The molecule has 0 unspecified atom stereocenters. The van der Waals surface area contributed by atoms with Gasteiger partial charge in [0.05, 0.1) is 26.9 Å². The maximum absolute atomic E-state index is 13.0. The Morgan fingerprint density at radius 2 is 1.74 bits per heavy atom. The summed E-state index contributed by atoms with van der Waals surface area (Å²) in [6, 6.07) is 3.79. The van der Waals surface area contributed by atoms with Crippen LogP contribution in [-0.2, 0) is 31.1 Å². The lowest BCUT2D eigenvalue weighted by Crippen LogP contribution is -2.60. The SMILES string of the molecule is COC(=O)[C@@]12CC(=O)CC[C@@]13c1cc(OC)c(OC)cc1CCN3C(=O)C2. The van der Waals surface area contributed by atoms with Crippen molar-refractivity contribution in [3.8, 4) is 11.5 Å². The van der Waals surface area contributed by atoms with E-state index in [0.717, 1.165) is 11.1 Å². The maximum Gasteiger partial charge on any atom is 0.315 e. The highest BCUT2D eigenvalue weighted by Gasteiger charge is 2.71. The second-order valence-corrected chi connectivity index (χ2v) is 7.49. The van der Waals surface area contributed by atoms with Gasteiger partial charge in [0.25, 0.3) is 0 Å². The molecule has 1 aromatic carbocycles. The average Bonchev–Trinajstić information content (AvgIpc) is 2.95. The predicted molar refractivity (Wildman–Crippen MR) is 94.6 cm³/mol. The lowest BCUT2D eigenvalue weighted by Gasteiger charge is -2.53. The van der Waals surface area contributed by atoms with Crippen molar-refractivity contribution < 1.29 is 28.6 Å². The normalized spacial score (nSPS) is 28.9. The zero-order valence-corrected chi connectivity index (χ0v) is 15.8. The van der Waals surface area contributed by atoms with Crippen molar-refractivity contribution >= 4 is 17.7 Å². The van der Waals surface area contributed by atoms with Gasteiger partial charge in [0.2, 0.25) is 5.91 Å². The van der Waals surface area contributed by atoms with Gasteiger partial charge in [0.1, 0.15) is 11.2 Å². The van der Waals surface area contributed by atoms with Crippen molar-refractivity contribution in [1.29, 1.82) is 0 Å². The minimum Gasteiger partial charge on any atom is -0.493 e. The van der Waals surface area contributed by atoms with E-state index >= 15 is 0 Å². The molecule has 0 bridgehead atoms. The van der Waals surface area contributed by atoms with E-state index in [1.807, 2.05) is 12.1 Å². The fraction of sp³-hybridized carbons (Fsp3) is 0.550. The van der Waals surface area contributed by atoms with Crippen LogP contribution in [0.1, 0.15) is 36.8 Å². The lowest BCUT2D eigenvalue weighted by atomic mass is 9.56. The van der Waals surface area contributed by atoms with Gasteiger partial charge in [-0.3, -0.25) is 14.4 Å². The number of rotatable bonds is 3. The van der Waals surface area contributed by atoms with Gasteiger partial charge in [-0.05, 0) is 36.1 Å². The first-order valence-corrected chi connectivity index (χ1v) is 9.09. The minimum absolute atomic E-state index is 0.000796. The molecule has 0 N–H and O–H groups in total. The summed E-state index contributed by atoms with van der Waals surface area (Å²) in [5.41, 5.74) is -0.183. The van der Waals surface area contributed by atoms with Crippen molar-refractivity contribution in [2.75, 3.05) is 27.9 Å². The Balaban J connectivity index is 2.01. The number of carbonyl (C=O) groups excluding carboxylic acids is 3. The van der Waals surface area contributed by atoms with Crippen LogP contribution in [0.25, 0.3) is 0 Å². The summed E-state index contributed by atoms with van der Waals surface area (Å²) in [4.78, 5) is 40.1. The molecule has 1 saturated carbocycles. The van der Waals surface area contributed by atoms with Gasteiger partial charge in [-0.25, -0.2) is 0 Å². The van der Waals surface area contributed by atoms with Gasteiger partial charge in [0, 0.05) is 25.8 Å². The lowest BCUT2D eigenvalue weighted by molar-refractivity contribution is -0.167. The number of amides is 1. The van der Waals surface area contributed by atoms with E-state index in [4.69, 9.17) is 14.2 Å². The molecule has 2 aliphatic heterocycles. The van der Waals surface area contributed by atoms with Crippen LogP contribution in [0.5, 0.6) is 11.5 Å². The zero-order chi connectivity index (χ0) is 19.4. The Labute approximate surface area is 157 Å². The molecule has 1 aliphatic carbocycles. The Hall–Kier alpha value is -2.57. The molecule has 144 valence electrons. The number of methoxy groups -OCH3 is 3. The summed E-state index contributed by atoms with van der Waals surface area (Å²) in [6.45, 7) is 0.508. The minimum atomic E-state index is -1.19. The largest absolute Gasteiger partial charge is 0.493 e. The fourth-order valence-corrected chi connectivity index (χ4v) is 5.41. The molecule has 4 rings (SSSR count). The molecule has 2 heterocycles. The average molecular weight is 373 g/mol. The van der Waals surface area contributed by atoms with Crippen LogP contribution in [0.3, 0.4) is 0 Å². The number of ether oxygens (including phenoxy) is 3. The van der Waals surface area contributed by atoms with E-state index in [2.05, 4.69) is 0 Å². The first kappa shape index (κ1) is 17.8. The van der Waals surface area contributed by atoms with Crippen LogP contribution < -0.4 is 9.47 Å². The number of benzene rings is 1. The molecule has 0 aromatic heterocycles. The van der Waals surface area contributed by atoms with Crippen LogP contribution >= 0.6 is 0 Å². The fourth-order valence-electron chi connectivity index (χ4n) is 5.41. The number of esters is 1. The van der Waals surface area contributed by atoms with E-state index in [-0.39, 0.29) is 24.5 Å². The standard InChI is InChI=1S/C20H23NO6/c1-25-15-8-12-5-7-21-17(23)11-19(18(24)27-3)10-13(22)4-6-20(19,21)14(12)9-16(15)26-2/h8-9H,4-7,10-11H2,1-3H3/t19-,20+/m0/s1. The maximum atomic E-state index is 13.0. The number of hydrogen-bond acceptors (Lipinski definition) is 6. The number of ketones is 1. The van der Waals surface area contributed by atoms with Crippen molar-refractivity contribution in [2.45, 2.75) is 37.6 Å². The molecular weight excluding hydrogens is 350 g/mol. The molecule has 0 radical (unpaired) electrons. The van der Waals surface area contributed by atoms with Gasteiger partial charge in [-0.1, -0.05) is 0 Å². The summed E-state index contributed by atoms with van der Waals surface area (Å²) in [5.74, 6) is 0.557. The Morgan fingerprint density at radius 3 is 2.41 bits per heavy atom. The van der Waals surface area contributed by atoms with Crippen LogP contribution in [-0.4, -0.2) is 50.4 Å². The third kappa shape index (κ3) is 2.11. The third-order valence-electron chi connectivity index (χ3n) is 6.51. The summed E-state index contributed by atoms with van der Waals surface area (Å²) >= 11 is 0.